The second kappa shape index (κ2) is 5.77. The molecule has 21 heavy (non-hydrogen) atoms. The molecule has 1 aromatic rings. The molecule has 0 radical (unpaired) electrons. The van der Waals surface area contributed by atoms with Crippen LogP contribution in [0.1, 0.15) is 36.0 Å². The van der Waals surface area contributed by atoms with Crippen LogP contribution in [-0.4, -0.2) is 27.4 Å². The predicted molar refractivity (Wildman–Crippen MR) is 79.4 cm³/mol. The van der Waals surface area contributed by atoms with Gasteiger partial charge in [-0.1, -0.05) is 6.07 Å². The minimum Gasteiger partial charge on any atom is -0.352 e. The molecule has 2 saturated carbocycles. The summed E-state index contributed by atoms with van der Waals surface area (Å²) in [6, 6.07) is 6.21. The van der Waals surface area contributed by atoms with Crippen LogP contribution in [0.5, 0.6) is 0 Å². The van der Waals surface area contributed by atoms with E-state index in [1.54, 1.807) is 12.1 Å². The van der Waals surface area contributed by atoms with Crippen molar-refractivity contribution >= 4 is 15.9 Å². The number of hydrogen-bond acceptors (Lipinski definition) is 3. The molecule has 2 aliphatic rings. The normalized spacial score (nSPS) is 18.5. The molecule has 0 spiro atoms. The Bertz CT molecular complexity index is 634. The van der Waals surface area contributed by atoms with Gasteiger partial charge in [-0.25, -0.2) is 13.1 Å². The minimum absolute atomic E-state index is 0.155. The van der Waals surface area contributed by atoms with Crippen LogP contribution in [0.15, 0.2) is 29.2 Å². The van der Waals surface area contributed by atoms with Gasteiger partial charge in [-0.3, -0.25) is 4.79 Å². The lowest BCUT2D eigenvalue weighted by atomic mass is 10.2. The van der Waals surface area contributed by atoms with Crippen molar-refractivity contribution in [3.63, 3.8) is 0 Å². The van der Waals surface area contributed by atoms with E-state index in [2.05, 4.69) is 10.0 Å². The monoisotopic (exact) mass is 308 g/mol. The van der Waals surface area contributed by atoms with Crippen LogP contribution < -0.4 is 10.0 Å². The largest absolute Gasteiger partial charge is 0.352 e. The molecule has 2 N–H and O–H groups in total. The van der Waals surface area contributed by atoms with E-state index in [0.29, 0.717) is 30.5 Å². The Morgan fingerprint density at radius 3 is 2.43 bits per heavy atom. The quantitative estimate of drug-likeness (QED) is 0.802. The molecule has 0 atom stereocenters. The third-order valence-corrected chi connectivity index (χ3v) is 5.33. The third kappa shape index (κ3) is 4.04. The van der Waals surface area contributed by atoms with E-state index in [9.17, 15) is 13.2 Å². The maximum absolute atomic E-state index is 12.2. The fraction of sp³-hybridized carbons (Fsp3) is 0.533. The highest BCUT2D eigenvalue weighted by atomic mass is 32.2. The van der Waals surface area contributed by atoms with Crippen LogP contribution in [0, 0.1) is 11.8 Å². The van der Waals surface area contributed by atoms with E-state index in [-0.39, 0.29) is 10.8 Å². The Kier molecular flexibility index (Phi) is 3.99. The Morgan fingerprint density at radius 2 is 1.76 bits per heavy atom. The molecule has 0 heterocycles. The number of benzene rings is 1. The van der Waals surface area contributed by atoms with Crippen molar-refractivity contribution in [3.05, 3.63) is 29.8 Å². The molecule has 0 aromatic heterocycles. The van der Waals surface area contributed by atoms with Crippen molar-refractivity contribution in [2.45, 2.75) is 30.6 Å². The molecule has 1 amide bonds. The summed E-state index contributed by atoms with van der Waals surface area (Å²) in [4.78, 5) is 12.2. The average molecular weight is 308 g/mol. The van der Waals surface area contributed by atoms with Crippen molar-refractivity contribution in [2.24, 2.45) is 11.8 Å². The van der Waals surface area contributed by atoms with Gasteiger partial charge in [0.05, 0.1) is 4.90 Å². The number of amides is 1. The second-order valence-corrected chi connectivity index (χ2v) is 7.74. The van der Waals surface area contributed by atoms with E-state index in [1.165, 1.54) is 25.0 Å². The van der Waals surface area contributed by atoms with E-state index in [4.69, 9.17) is 0 Å². The van der Waals surface area contributed by atoms with Gasteiger partial charge in [0.2, 0.25) is 10.0 Å². The topological polar surface area (TPSA) is 75.3 Å². The predicted octanol–water partition coefficient (Wildman–Crippen LogP) is 1.51. The first-order valence-corrected chi connectivity index (χ1v) is 8.91. The average Bonchev–Trinajstić information content (AvgIpc) is 3.37. The van der Waals surface area contributed by atoms with E-state index < -0.39 is 10.0 Å². The minimum atomic E-state index is -3.52. The highest BCUT2D eigenvalue weighted by Gasteiger charge is 2.25. The fourth-order valence-corrected chi connectivity index (χ4v) is 3.26. The number of carbonyl (C=O) groups excluding carboxylic acids is 1. The molecule has 3 rings (SSSR count). The maximum atomic E-state index is 12.2. The van der Waals surface area contributed by atoms with Gasteiger partial charge in [0.15, 0.2) is 0 Å². The van der Waals surface area contributed by atoms with Gasteiger partial charge >= 0.3 is 0 Å². The fourth-order valence-electron chi connectivity index (χ4n) is 2.10. The van der Waals surface area contributed by atoms with Crippen LogP contribution in [0.2, 0.25) is 0 Å². The molecule has 0 bridgehead atoms. The smallest absolute Gasteiger partial charge is 0.251 e. The van der Waals surface area contributed by atoms with E-state index in [0.717, 1.165) is 12.8 Å². The Hall–Kier alpha value is -1.40. The summed E-state index contributed by atoms with van der Waals surface area (Å²) in [7, 11) is -3.52. The standard InChI is InChI=1S/C15H20N2O3S/c18-15(16-9-11-4-5-11)13-2-1-3-14(8-13)21(19,20)17-10-12-6-7-12/h1-3,8,11-12,17H,4-7,9-10H2,(H,16,18). The zero-order valence-electron chi connectivity index (χ0n) is 11.8. The number of rotatable bonds is 7. The van der Waals surface area contributed by atoms with Gasteiger partial charge in [0.1, 0.15) is 0 Å². The second-order valence-electron chi connectivity index (χ2n) is 5.98. The summed E-state index contributed by atoms with van der Waals surface area (Å²) in [5.41, 5.74) is 0.393. The van der Waals surface area contributed by atoms with E-state index in [1.807, 2.05) is 0 Å². The van der Waals surface area contributed by atoms with Crippen molar-refractivity contribution in [1.29, 1.82) is 0 Å². The first-order valence-electron chi connectivity index (χ1n) is 7.42. The maximum Gasteiger partial charge on any atom is 0.251 e. The summed E-state index contributed by atoms with van der Waals surface area (Å²) >= 11 is 0. The van der Waals surface area contributed by atoms with Gasteiger partial charge in [-0.05, 0) is 55.7 Å². The Labute approximate surface area is 125 Å². The number of nitrogens with one attached hydrogen (secondary N) is 2. The zero-order valence-corrected chi connectivity index (χ0v) is 12.7. The summed E-state index contributed by atoms with van der Waals surface area (Å²) < 4.78 is 26.9. The number of hydrogen-bond donors (Lipinski definition) is 2. The van der Waals surface area contributed by atoms with Gasteiger partial charge in [0, 0.05) is 18.7 Å². The molecule has 114 valence electrons. The van der Waals surface area contributed by atoms with E-state index >= 15 is 0 Å². The van der Waals surface area contributed by atoms with Gasteiger partial charge in [-0.15, -0.1) is 0 Å². The molecular weight excluding hydrogens is 288 g/mol. The molecule has 2 fully saturated rings. The van der Waals surface area contributed by atoms with Crippen molar-refractivity contribution < 1.29 is 13.2 Å². The zero-order chi connectivity index (χ0) is 14.9. The van der Waals surface area contributed by atoms with Crippen LogP contribution in [0.3, 0.4) is 0 Å². The van der Waals surface area contributed by atoms with Crippen molar-refractivity contribution in [2.75, 3.05) is 13.1 Å². The first kappa shape index (κ1) is 14.5. The van der Waals surface area contributed by atoms with Crippen LogP contribution in [0.25, 0.3) is 0 Å². The van der Waals surface area contributed by atoms with Crippen molar-refractivity contribution in [1.82, 2.24) is 10.0 Å². The first-order chi connectivity index (χ1) is 10.0. The summed E-state index contributed by atoms with van der Waals surface area (Å²) in [6.45, 7) is 1.16. The van der Waals surface area contributed by atoms with Crippen LogP contribution >= 0.6 is 0 Å². The third-order valence-electron chi connectivity index (χ3n) is 3.91. The number of carbonyl (C=O) groups is 1. The highest BCUT2D eigenvalue weighted by Crippen LogP contribution is 2.28. The molecule has 2 aliphatic carbocycles. The summed E-state index contributed by atoms with van der Waals surface area (Å²) in [5.74, 6) is 0.868. The van der Waals surface area contributed by atoms with Gasteiger partial charge < -0.3 is 5.32 Å². The van der Waals surface area contributed by atoms with Gasteiger partial charge in [-0.2, -0.15) is 0 Å². The Morgan fingerprint density at radius 1 is 1.10 bits per heavy atom. The van der Waals surface area contributed by atoms with Crippen molar-refractivity contribution in [3.8, 4) is 0 Å². The lowest BCUT2D eigenvalue weighted by molar-refractivity contribution is 0.0951. The molecule has 6 heteroatoms. The molecular formula is C15H20N2O3S. The summed E-state index contributed by atoms with van der Waals surface area (Å²) in [5, 5.41) is 2.85. The lowest BCUT2D eigenvalue weighted by Gasteiger charge is -2.08. The number of sulfonamides is 1. The van der Waals surface area contributed by atoms with Gasteiger partial charge in [0.25, 0.3) is 5.91 Å². The van der Waals surface area contributed by atoms with Crippen LogP contribution in [-0.2, 0) is 10.0 Å². The molecule has 0 aliphatic heterocycles. The lowest BCUT2D eigenvalue weighted by Crippen LogP contribution is -2.27. The highest BCUT2D eigenvalue weighted by molar-refractivity contribution is 7.89. The molecule has 0 unspecified atom stereocenters. The SMILES string of the molecule is O=C(NCC1CC1)c1cccc(S(=O)(=O)NCC2CC2)c1. The molecule has 5 nitrogen and oxygen atoms in total. The molecule has 1 aromatic carbocycles. The summed E-state index contributed by atoms with van der Waals surface area (Å²) in [6.07, 6.45) is 4.51. The van der Waals surface area contributed by atoms with Crippen LogP contribution in [0.4, 0.5) is 0 Å². The molecule has 0 saturated heterocycles. The Balaban J connectivity index is 1.67.